The lowest BCUT2D eigenvalue weighted by atomic mass is 10.0. The van der Waals surface area contributed by atoms with Crippen LogP contribution >= 0.6 is 0 Å². The van der Waals surface area contributed by atoms with E-state index in [1.165, 1.54) is 19.0 Å². The molecule has 22 heavy (non-hydrogen) atoms. The van der Waals surface area contributed by atoms with Crippen LogP contribution in [-0.2, 0) is 14.3 Å². The number of nitrogens with zero attached hydrogens (tertiary/aromatic N) is 1. The summed E-state index contributed by atoms with van der Waals surface area (Å²) in [5.74, 6) is -0.378. The van der Waals surface area contributed by atoms with Gasteiger partial charge < -0.3 is 20.3 Å². The molecule has 0 saturated heterocycles. The number of nitrogens with one attached hydrogen (secondary N) is 2. The van der Waals surface area contributed by atoms with Crippen molar-refractivity contribution in [3.63, 3.8) is 0 Å². The van der Waals surface area contributed by atoms with Gasteiger partial charge in [0.15, 0.2) is 0 Å². The van der Waals surface area contributed by atoms with Gasteiger partial charge in [-0.05, 0) is 33.1 Å². The Morgan fingerprint density at radius 3 is 2.14 bits per heavy atom. The van der Waals surface area contributed by atoms with Crippen LogP contribution in [0.5, 0.6) is 0 Å². The number of carbonyl (C=O) groups excluding carboxylic acids is 3. The number of hydrogen-bond acceptors (Lipinski definition) is 4. The molecule has 0 aromatic heterocycles. The van der Waals surface area contributed by atoms with Gasteiger partial charge in [-0.3, -0.25) is 9.59 Å². The quantitative estimate of drug-likeness (QED) is 0.769. The van der Waals surface area contributed by atoms with Crippen molar-refractivity contribution in [2.24, 2.45) is 5.92 Å². The first-order valence-corrected chi connectivity index (χ1v) is 7.41. The number of ether oxygens (including phenoxy) is 1. The van der Waals surface area contributed by atoms with Crippen LogP contribution in [0.2, 0.25) is 0 Å². The molecule has 1 atom stereocenters. The first-order valence-electron chi connectivity index (χ1n) is 7.41. The summed E-state index contributed by atoms with van der Waals surface area (Å²) in [6.45, 7) is 9.11. The normalized spacial score (nSPS) is 12.5. The molecule has 0 aliphatic carbocycles. The molecule has 128 valence electrons. The van der Waals surface area contributed by atoms with Crippen molar-refractivity contribution < 1.29 is 19.1 Å². The van der Waals surface area contributed by atoms with E-state index in [1.807, 2.05) is 13.8 Å². The standard InChI is InChI=1S/C15H29N3O4/c1-10(2)8-11(17-14(21)22-15(3,4)5)13(20)18(7)9-12(19)16-6/h10-11H,8-9H2,1-7H3,(H,16,19)(H,17,21). The smallest absolute Gasteiger partial charge is 0.408 e. The highest BCUT2D eigenvalue weighted by Crippen LogP contribution is 2.10. The average molecular weight is 315 g/mol. The third kappa shape index (κ3) is 8.49. The molecule has 0 rings (SSSR count). The van der Waals surface area contributed by atoms with Gasteiger partial charge >= 0.3 is 6.09 Å². The van der Waals surface area contributed by atoms with Gasteiger partial charge in [-0.2, -0.15) is 0 Å². The number of carbonyl (C=O) groups is 3. The molecule has 0 aromatic rings. The molecule has 0 aliphatic heterocycles. The Morgan fingerprint density at radius 1 is 1.18 bits per heavy atom. The Kier molecular flexibility index (Phi) is 7.90. The summed E-state index contributed by atoms with van der Waals surface area (Å²) in [7, 11) is 3.03. The van der Waals surface area contributed by atoms with E-state index in [0.717, 1.165) is 0 Å². The zero-order valence-corrected chi connectivity index (χ0v) is 14.6. The third-order valence-electron chi connectivity index (χ3n) is 2.73. The van der Waals surface area contributed by atoms with Gasteiger partial charge in [0.2, 0.25) is 11.8 Å². The molecule has 0 heterocycles. The zero-order valence-electron chi connectivity index (χ0n) is 14.6. The largest absolute Gasteiger partial charge is 0.444 e. The molecular weight excluding hydrogens is 286 g/mol. The first kappa shape index (κ1) is 20.2. The Hall–Kier alpha value is -1.79. The van der Waals surface area contributed by atoms with E-state index in [-0.39, 0.29) is 24.3 Å². The molecule has 0 saturated carbocycles. The van der Waals surface area contributed by atoms with Gasteiger partial charge in [0, 0.05) is 14.1 Å². The molecule has 7 heteroatoms. The molecule has 7 nitrogen and oxygen atoms in total. The van der Waals surface area contributed by atoms with Crippen molar-refractivity contribution in [3.05, 3.63) is 0 Å². The van der Waals surface area contributed by atoms with E-state index in [1.54, 1.807) is 20.8 Å². The molecule has 0 bridgehead atoms. The van der Waals surface area contributed by atoms with E-state index in [9.17, 15) is 14.4 Å². The first-order chi connectivity index (χ1) is 9.96. The zero-order chi connectivity index (χ0) is 17.5. The van der Waals surface area contributed by atoms with Gasteiger partial charge in [-0.15, -0.1) is 0 Å². The predicted octanol–water partition coefficient (Wildman–Crippen LogP) is 1.13. The summed E-state index contributed by atoms with van der Waals surface area (Å²) in [4.78, 5) is 36.9. The van der Waals surface area contributed by atoms with Crippen molar-refractivity contribution in [3.8, 4) is 0 Å². The second-order valence-corrected chi connectivity index (χ2v) is 6.70. The van der Waals surface area contributed by atoms with E-state index in [4.69, 9.17) is 4.74 Å². The lowest BCUT2D eigenvalue weighted by Crippen LogP contribution is -2.50. The molecule has 0 aromatic carbocycles. The van der Waals surface area contributed by atoms with Crippen molar-refractivity contribution >= 4 is 17.9 Å². The molecule has 3 amide bonds. The fourth-order valence-electron chi connectivity index (χ4n) is 1.78. The number of hydrogen-bond donors (Lipinski definition) is 2. The number of alkyl carbamates (subject to hydrolysis) is 1. The second-order valence-electron chi connectivity index (χ2n) is 6.70. The summed E-state index contributed by atoms with van der Waals surface area (Å²) >= 11 is 0. The van der Waals surface area contributed by atoms with Gasteiger partial charge in [0.05, 0.1) is 6.54 Å². The lowest BCUT2D eigenvalue weighted by Gasteiger charge is -2.27. The molecule has 0 spiro atoms. The fourth-order valence-corrected chi connectivity index (χ4v) is 1.78. The Labute approximate surface area is 132 Å². The summed E-state index contributed by atoms with van der Waals surface area (Å²) in [6, 6.07) is -0.718. The SMILES string of the molecule is CNC(=O)CN(C)C(=O)C(CC(C)C)NC(=O)OC(C)(C)C. The van der Waals surface area contributed by atoms with Gasteiger partial charge in [-0.1, -0.05) is 13.8 Å². The minimum Gasteiger partial charge on any atom is -0.444 e. The molecule has 0 radical (unpaired) electrons. The van der Waals surface area contributed by atoms with E-state index in [2.05, 4.69) is 10.6 Å². The van der Waals surface area contributed by atoms with Crippen LogP contribution in [0.4, 0.5) is 4.79 Å². The van der Waals surface area contributed by atoms with Gasteiger partial charge in [0.1, 0.15) is 11.6 Å². The monoisotopic (exact) mass is 315 g/mol. The minimum atomic E-state index is -0.718. The van der Waals surface area contributed by atoms with Gasteiger partial charge in [0.25, 0.3) is 0 Å². The van der Waals surface area contributed by atoms with Crippen LogP contribution in [0.3, 0.4) is 0 Å². The topological polar surface area (TPSA) is 87.7 Å². The van der Waals surface area contributed by atoms with Crippen LogP contribution in [0.1, 0.15) is 41.0 Å². The lowest BCUT2D eigenvalue weighted by molar-refractivity contribution is -0.136. The van der Waals surface area contributed by atoms with Crippen LogP contribution in [0.25, 0.3) is 0 Å². The number of amides is 3. The Balaban J connectivity index is 4.85. The van der Waals surface area contributed by atoms with Crippen LogP contribution < -0.4 is 10.6 Å². The highest BCUT2D eigenvalue weighted by atomic mass is 16.6. The summed E-state index contributed by atoms with van der Waals surface area (Å²) in [5.41, 5.74) is -0.635. The molecule has 0 fully saturated rings. The molecule has 0 aliphatic rings. The van der Waals surface area contributed by atoms with Gasteiger partial charge in [-0.25, -0.2) is 4.79 Å². The van der Waals surface area contributed by atoms with Crippen LogP contribution in [-0.4, -0.2) is 55.1 Å². The van der Waals surface area contributed by atoms with Crippen molar-refractivity contribution in [2.75, 3.05) is 20.6 Å². The maximum atomic E-state index is 12.4. The van der Waals surface area contributed by atoms with E-state index >= 15 is 0 Å². The summed E-state index contributed by atoms with van der Waals surface area (Å²) in [6.07, 6.45) is -0.171. The Morgan fingerprint density at radius 2 is 1.73 bits per heavy atom. The number of likely N-dealkylation sites (N-methyl/N-ethyl adjacent to an activating group) is 2. The highest BCUT2D eigenvalue weighted by molar-refractivity contribution is 5.89. The predicted molar refractivity (Wildman–Crippen MR) is 84.3 cm³/mol. The maximum absolute atomic E-state index is 12.4. The van der Waals surface area contributed by atoms with Crippen molar-refractivity contribution in [1.82, 2.24) is 15.5 Å². The third-order valence-corrected chi connectivity index (χ3v) is 2.73. The van der Waals surface area contributed by atoms with Crippen molar-refractivity contribution in [1.29, 1.82) is 0 Å². The maximum Gasteiger partial charge on any atom is 0.408 e. The van der Waals surface area contributed by atoms with E-state index in [0.29, 0.717) is 6.42 Å². The second kappa shape index (κ2) is 8.60. The fraction of sp³-hybridized carbons (Fsp3) is 0.800. The highest BCUT2D eigenvalue weighted by Gasteiger charge is 2.27. The average Bonchev–Trinajstić information content (AvgIpc) is 2.33. The Bertz CT molecular complexity index is 402. The van der Waals surface area contributed by atoms with Crippen LogP contribution in [0.15, 0.2) is 0 Å². The number of rotatable bonds is 6. The summed E-state index contributed by atoms with van der Waals surface area (Å²) < 4.78 is 5.18. The van der Waals surface area contributed by atoms with E-state index < -0.39 is 17.7 Å². The summed E-state index contributed by atoms with van der Waals surface area (Å²) in [5, 5.41) is 5.05. The minimum absolute atomic E-state index is 0.0556. The molecule has 1 unspecified atom stereocenters. The van der Waals surface area contributed by atoms with Crippen LogP contribution in [0, 0.1) is 5.92 Å². The molecular formula is C15H29N3O4. The molecule has 2 N–H and O–H groups in total. The van der Waals surface area contributed by atoms with Crippen molar-refractivity contribution in [2.45, 2.75) is 52.7 Å².